The van der Waals surface area contributed by atoms with Crippen LogP contribution < -0.4 is 5.32 Å². The number of halogens is 2. The summed E-state index contributed by atoms with van der Waals surface area (Å²) in [7, 11) is 1.28. The summed E-state index contributed by atoms with van der Waals surface area (Å²) in [6, 6.07) is 10.8. The second-order valence-corrected chi connectivity index (χ2v) is 7.88. The van der Waals surface area contributed by atoms with Crippen molar-refractivity contribution in [3.05, 3.63) is 63.9 Å². The molecule has 1 unspecified atom stereocenters. The second kappa shape index (κ2) is 10.4. The number of benzene rings is 2. The van der Waals surface area contributed by atoms with Crippen molar-refractivity contribution in [2.75, 3.05) is 12.9 Å². The first kappa shape index (κ1) is 22.1. The Bertz CT molecular complexity index is 890. The van der Waals surface area contributed by atoms with Gasteiger partial charge in [0.1, 0.15) is 5.82 Å². The molecular weight excluding hydrogens is 449 g/mol. The van der Waals surface area contributed by atoms with Gasteiger partial charge >= 0.3 is 5.97 Å². The molecule has 0 aliphatic heterocycles. The summed E-state index contributed by atoms with van der Waals surface area (Å²) in [4.78, 5) is 35.6. The number of hydrogen-bond acceptors (Lipinski definition) is 5. The van der Waals surface area contributed by atoms with Crippen molar-refractivity contribution >= 4 is 45.4 Å². The van der Waals surface area contributed by atoms with E-state index in [-0.39, 0.29) is 34.3 Å². The lowest BCUT2D eigenvalue weighted by Crippen LogP contribution is -2.31. The van der Waals surface area contributed by atoms with Crippen LogP contribution in [0.1, 0.15) is 35.3 Å². The molecule has 1 N–H and O–H groups in total. The molecule has 0 saturated carbocycles. The van der Waals surface area contributed by atoms with Crippen molar-refractivity contribution < 1.29 is 23.5 Å². The third-order valence-electron chi connectivity index (χ3n) is 3.88. The number of methoxy groups -OCH3 is 1. The first-order valence-electron chi connectivity index (χ1n) is 8.35. The summed E-state index contributed by atoms with van der Waals surface area (Å²) < 4.78 is 19.6. The fraction of sp³-hybridized carbons (Fsp3) is 0.250. The molecule has 5 nitrogen and oxygen atoms in total. The van der Waals surface area contributed by atoms with Crippen LogP contribution in [0.25, 0.3) is 0 Å². The molecular formula is C20H19BrFNO4S. The van der Waals surface area contributed by atoms with E-state index in [0.717, 1.165) is 27.9 Å². The monoisotopic (exact) mass is 467 g/mol. The van der Waals surface area contributed by atoms with Crippen LogP contribution in [0.15, 0.2) is 51.8 Å². The standard InChI is InChI=1S/C20H19BrFNO4S/c1-12(24)13-6-7-18(16(22)9-13)28-11-19(25)23-17(10-20(26)27-2)14-4-3-5-15(21)8-14/h3-9,17H,10-11H2,1-2H3,(H,23,25). The predicted molar refractivity (Wildman–Crippen MR) is 109 cm³/mol. The van der Waals surface area contributed by atoms with Crippen molar-refractivity contribution in [3.8, 4) is 0 Å². The Balaban J connectivity index is 2.05. The Morgan fingerprint density at radius 3 is 2.57 bits per heavy atom. The van der Waals surface area contributed by atoms with Crippen molar-refractivity contribution in [2.24, 2.45) is 0 Å². The highest BCUT2D eigenvalue weighted by atomic mass is 79.9. The van der Waals surface area contributed by atoms with Gasteiger partial charge in [-0.1, -0.05) is 34.1 Å². The van der Waals surface area contributed by atoms with Crippen LogP contribution in [0.2, 0.25) is 0 Å². The SMILES string of the molecule is COC(=O)CC(NC(=O)CSc1ccc(C(C)=O)cc1F)c1cccc(Br)c1. The summed E-state index contributed by atoms with van der Waals surface area (Å²) in [5, 5.41) is 2.79. The number of hydrogen-bond donors (Lipinski definition) is 1. The van der Waals surface area contributed by atoms with Gasteiger partial charge in [-0.3, -0.25) is 14.4 Å². The number of thioether (sulfide) groups is 1. The predicted octanol–water partition coefficient (Wildman–Crippen LogP) is 4.30. The molecule has 1 amide bonds. The first-order chi connectivity index (χ1) is 13.3. The van der Waals surface area contributed by atoms with Gasteiger partial charge in [0.15, 0.2) is 5.78 Å². The molecule has 0 aliphatic carbocycles. The van der Waals surface area contributed by atoms with Crippen LogP contribution in [0.3, 0.4) is 0 Å². The van der Waals surface area contributed by atoms with Gasteiger partial charge in [0.05, 0.1) is 25.3 Å². The maximum atomic E-state index is 14.1. The molecule has 1 atom stereocenters. The van der Waals surface area contributed by atoms with E-state index < -0.39 is 17.8 Å². The Kier molecular flexibility index (Phi) is 8.19. The zero-order valence-electron chi connectivity index (χ0n) is 15.3. The summed E-state index contributed by atoms with van der Waals surface area (Å²) >= 11 is 4.38. The minimum atomic E-state index is -0.567. The average molecular weight is 468 g/mol. The number of nitrogens with one attached hydrogen (secondary N) is 1. The zero-order chi connectivity index (χ0) is 20.7. The van der Waals surface area contributed by atoms with Gasteiger partial charge in [-0.25, -0.2) is 4.39 Å². The van der Waals surface area contributed by atoms with Crippen LogP contribution >= 0.6 is 27.7 Å². The van der Waals surface area contributed by atoms with E-state index in [1.807, 2.05) is 6.07 Å². The lowest BCUT2D eigenvalue weighted by atomic mass is 10.0. The molecule has 0 spiro atoms. The number of amides is 1. The van der Waals surface area contributed by atoms with E-state index in [1.54, 1.807) is 18.2 Å². The number of esters is 1. The Labute approximate surface area is 175 Å². The van der Waals surface area contributed by atoms with Gasteiger partial charge < -0.3 is 10.1 Å². The van der Waals surface area contributed by atoms with Crippen LogP contribution in [-0.2, 0) is 14.3 Å². The number of rotatable bonds is 8. The van der Waals surface area contributed by atoms with Gasteiger partial charge in [-0.15, -0.1) is 11.8 Å². The molecule has 0 heterocycles. The zero-order valence-corrected chi connectivity index (χ0v) is 17.7. The molecule has 0 aliphatic rings. The van der Waals surface area contributed by atoms with Crippen LogP contribution in [0.4, 0.5) is 4.39 Å². The van der Waals surface area contributed by atoms with E-state index >= 15 is 0 Å². The maximum Gasteiger partial charge on any atom is 0.307 e. The Hall–Kier alpha value is -2.19. The summed E-state index contributed by atoms with van der Waals surface area (Å²) in [5.74, 6) is -1.63. The second-order valence-electron chi connectivity index (χ2n) is 5.95. The highest BCUT2D eigenvalue weighted by Gasteiger charge is 2.19. The lowest BCUT2D eigenvalue weighted by molar-refractivity contribution is -0.141. The largest absolute Gasteiger partial charge is 0.469 e. The van der Waals surface area contributed by atoms with Crippen LogP contribution in [0, 0.1) is 5.82 Å². The van der Waals surface area contributed by atoms with E-state index in [2.05, 4.69) is 21.2 Å². The highest BCUT2D eigenvalue weighted by molar-refractivity contribution is 9.10. The number of Topliss-reactive ketones (excluding diaryl/α,β-unsaturated/α-hetero) is 1. The van der Waals surface area contributed by atoms with E-state index in [1.165, 1.54) is 26.2 Å². The first-order valence-corrected chi connectivity index (χ1v) is 10.1. The fourth-order valence-electron chi connectivity index (χ4n) is 2.44. The molecule has 148 valence electrons. The normalized spacial score (nSPS) is 11.6. The lowest BCUT2D eigenvalue weighted by Gasteiger charge is -2.18. The number of carbonyl (C=O) groups excluding carboxylic acids is 3. The Morgan fingerprint density at radius 1 is 1.21 bits per heavy atom. The maximum absolute atomic E-state index is 14.1. The topological polar surface area (TPSA) is 72.5 Å². The van der Waals surface area contributed by atoms with E-state index in [0.29, 0.717) is 0 Å². The molecule has 0 bridgehead atoms. The molecule has 28 heavy (non-hydrogen) atoms. The van der Waals surface area contributed by atoms with Crippen molar-refractivity contribution in [1.29, 1.82) is 0 Å². The minimum Gasteiger partial charge on any atom is -0.469 e. The van der Waals surface area contributed by atoms with E-state index in [4.69, 9.17) is 4.74 Å². The van der Waals surface area contributed by atoms with Gasteiger partial charge in [0.25, 0.3) is 0 Å². The van der Waals surface area contributed by atoms with Gasteiger partial charge in [0.2, 0.25) is 5.91 Å². The van der Waals surface area contributed by atoms with Gasteiger partial charge in [-0.2, -0.15) is 0 Å². The minimum absolute atomic E-state index is 0.0228. The number of ketones is 1. The van der Waals surface area contributed by atoms with Gasteiger partial charge in [-0.05, 0) is 36.8 Å². The highest BCUT2D eigenvalue weighted by Crippen LogP contribution is 2.24. The van der Waals surface area contributed by atoms with Crippen LogP contribution in [-0.4, -0.2) is 30.5 Å². The fourth-order valence-corrected chi connectivity index (χ4v) is 3.59. The number of ether oxygens (including phenoxy) is 1. The molecule has 0 radical (unpaired) electrons. The van der Waals surface area contributed by atoms with Crippen molar-refractivity contribution in [1.82, 2.24) is 5.32 Å². The van der Waals surface area contributed by atoms with Crippen LogP contribution in [0.5, 0.6) is 0 Å². The molecule has 0 fully saturated rings. The molecule has 0 aromatic heterocycles. The summed E-state index contributed by atoms with van der Waals surface area (Å²) in [6.45, 7) is 1.36. The third kappa shape index (κ3) is 6.45. The number of carbonyl (C=O) groups is 3. The van der Waals surface area contributed by atoms with Crippen molar-refractivity contribution in [2.45, 2.75) is 24.3 Å². The van der Waals surface area contributed by atoms with Gasteiger partial charge in [0, 0.05) is 14.9 Å². The average Bonchev–Trinajstić information content (AvgIpc) is 2.66. The molecule has 8 heteroatoms. The molecule has 2 aromatic rings. The molecule has 2 aromatic carbocycles. The Morgan fingerprint density at radius 2 is 1.96 bits per heavy atom. The summed E-state index contributed by atoms with van der Waals surface area (Å²) in [6.07, 6.45) is -0.0228. The molecule has 2 rings (SSSR count). The third-order valence-corrected chi connectivity index (χ3v) is 5.42. The summed E-state index contributed by atoms with van der Waals surface area (Å²) in [5.41, 5.74) is 1.02. The molecule has 0 saturated heterocycles. The smallest absolute Gasteiger partial charge is 0.307 e. The quantitative estimate of drug-likeness (QED) is 0.355. The van der Waals surface area contributed by atoms with E-state index in [9.17, 15) is 18.8 Å². The van der Waals surface area contributed by atoms with Crippen molar-refractivity contribution in [3.63, 3.8) is 0 Å².